The molecule has 4 rings (SSSR count). The van der Waals surface area contributed by atoms with Crippen molar-refractivity contribution in [3.8, 4) is 6.07 Å². The highest BCUT2D eigenvalue weighted by Gasteiger charge is 2.35. The van der Waals surface area contributed by atoms with E-state index < -0.39 is 23.5 Å². The van der Waals surface area contributed by atoms with Crippen molar-refractivity contribution in [1.29, 1.82) is 5.26 Å². The number of rotatable bonds is 2. The molecule has 29 heavy (non-hydrogen) atoms. The highest BCUT2D eigenvalue weighted by Crippen LogP contribution is 2.32. The molecule has 0 spiro atoms. The minimum absolute atomic E-state index is 0.222. The molecule has 2 heterocycles. The first-order valence-corrected chi connectivity index (χ1v) is 8.90. The number of hydrogen-bond donors (Lipinski definition) is 0. The van der Waals surface area contributed by atoms with Crippen molar-refractivity contribution >= 4 is 18.3 Å². The van der Waals surface area contributed by atoms with Gasteiger partial charge in [-0.2, -0.15) is 10.4 Å². The summed E-state index contributed by atoms with van der Waals surface area (Å²) < 4.78 is 40.3. The molecule has 2 aliphatic heterocycles. The van der Waals surface area contributed by atoms with E-state index in [9.17, 15) is 18.0 Å². The van der Waals surface area contributed by atoms with Gasteiger partial charge in [-0.15, -0.1) is 0 Å². The Morgan fingerprint density at radius 3 is 2.52 bits per heavy atom. The standard InChI is InChI=1S/C21H15F3N4O/c22-17-2-1-14(16(8-17)10-25)5-13-11-27(12-13)21(29)28-20(3-4-26-28)15-6-18(23)9-19(24)7-15/h1-2,4-9,20H,3,11-12H2/t20-/m0/s1. The van der Waals surface area contributed by atoms with Gasteiger partial charge in [0.25, 0.3) is 0 Å². The smallest absolute Gasteiger partial charge is 0.315 e. The highest BCUT2D eigenvalue weighted by atomic mass is 19.1. The van der Waals surface area contributed by atoms with E-state index in [4.69, 9.17) is 5.26 Å². The zero-order valence-corrected chi connectivity index (χ0v) is 15.1. The summed E-state index contributed by atoms with van der Waals surface area (Å²) in [6.07, 6.45) is 3.67. The fraction of sp³-hybridized carbons (Fsp3) is 0.190. The molecular formula is C21H15F3N4O. The van der Waals surface area contributed by atoms with Crippen molar-refractivity contribution in [1.82, 2.24) is 9.91 Å². The third-order valence-corrected chi connectivity index (χ3v) is 4.85. The van der Waals surface area contributed by atoms with Crippen LogP contribution < -0.4 is 0 Å². The summed E-state index contributed by atoms with van der Waals surface area (Å²) in [6, 6.07) is 8.14. The van der Waals surface area contributed by atoms with Gasteiger partial charge < -0.3 is 4.90 Å². The number of likely N-dealkylation sites (tertiary alicyclic amines) is 1. The lowest BCUT2D eigenvalue weighted by atomic mass is 10.0. The van der Waals surface area contributed by atoms with Gasteiger partial charge >= 0.3 is 6.03 Å². The molecule has 0 unspecified atom stereocenters. The number of halogens is 3. The molecule has 2 amide bonds. The number of nitrogens with zero attached hydrogens (tertiary/aromatic N) is 4. The van der Waals surface area contributed by atoms with E-state index in [2.05, 4.69) is 5.10 Å². The molecular weight excluding hydrogens is 381 g/mol. The van der Waals surface area contributed by atoms with Gasteiger partial charge in [0, 0.05) is 31.8 Å². The van der Waals surface area contributed by atoms with E-state index in [1.807, 2.05) is 6.07 Å². The Hall–Kier alpha value is -3.60. The second kappa shape index (κ2) is 7.43. The monoisotopic (exact) mass is 396 g/mol. The molecule has 2 aliphatic rings. The van der Waals surface area contributed by atoms with Crippen molar-refractivity contribution in [3.05, 3.63) is 76.1 Å². The topological polar surface area (TPSA) is 59.7 Å². The predicted molar refractivity (Wildman–Crippen MR) is 100 cm³/mol. The van der Waals surface area contributed by atoms with Crippen LogP contribution >= 0.6 is 0 Å². The Labute approximate surface area is 165 Å². The molecule has 2 aromatic rings. The zero-order valence-electron chi connectivity index (χ0n) is 15.1. The minimum atomic E-state index is -0.707. The van der Waals surface area contributed by atoms with Gasteiger partial charge in [-0.05, 0) is 41.0 Å². The van der Waals surface area contributed by atoms with Crippen LogP contribution in [0.1, 0.15) is 29.2 Å². The summed E-state index contributed by atoms with van der Waals surface area (Å²) in [6.45, 7) is 0.661. The van der Waals surface area contributed by atoms with Gasteiger partial charge in [-0.3, -0.25) is 0 Å². The van der Waals surface area contributed by atoms with Gasteiger partial charge in [0.15, 0.2) is 0 Å². The highest BCUT2D eigenvalue weighted by molar-refractivity contribution is 5.81. The van der Waals surface area contributed by atoms with Crippen LogP contribution in [0.15, 0.2) is 47.1 Å². The molecule has 0 N–H and O–H groups in total. The van der Waals surface area contributed by atoms with Gasteiger partial charge in [-0.25, -0.2) is 23.0 Å². The molecule has 0 aromatic heterocycles. The third-order valence-electron chi connectivity index (χ3n) is 4.85. The summed E-state index contributed by atoms with van der Waals surface area (Å²) in [7, 11) is 0. The lowest BCUT2D eigenvalue weighted by Crippen LogP contribution is -2.49. The molecule has 0 saturated carbocycles. The predicted octanol–water partition coefficient (Wildman–Crippen LogP) is 4.23. The first kappa shape index (κ1) is 18.7. The van der Waals surface area contributed by atoms with Crippen LogP contribution in [-0.4, -0.2) is 35.2 Å². The fourth-order valence-corrected chi connectivity index (χ4v) is 3.43. The van der Waals surface area contributed by atoms with Crippen LogP contribution in [0.2, 0.25) is 0 Å². The molecule has 1 fully saturated rings. The molecule has 146 valence electrons. The molecule has 0 aliphatic carbocycles. The number of urea groups is 1. The summed E-state index contributed by atoms with van der Waals surface area (Å²) >= 11 is 0. The zero-order chi connectivity index (χ0) is 20.5. The summed E-state index contributed by atoms with van der Waals surface area (Å²) in [4.78, 5) is 14.3. The van der Waals surface area contributed by atoms with Crippen LogP contribution in [-0.2, 0) is 0 Å². The van der Waals surface area contributed by atoms with Crippen molar-refractivity contribution < 1.29 is 18.0 Å². The number of carbonyl (C=O) groups is 1. The summed E-state index contributed by atoms with van der Waals surface area (Å²) in [5.41, 5.74) is 2.05. The summed E-state index contributed by atoms with van der Waals surface area (Å²) in [5, 5.41) is 14.4. The molecule has 2 aromatic carbocycles. The van der Waals surface area contributed by atoms with Gasteiger partial charge in [0.05, 0.1) is 17.7 Å². The van der Waals surface area contributed by atoms with E-state index in [0.29, 0.717) is 30.6 Å². The maximum Gasteiger partial charge on any atom is 0.341 e. The van der Waals surface area contributed by atoms with E-state index >= 15 is 0 Å². The second-order valence-electron chi connectivity index (χ2n) is 6.88. The Morgan fingerprint density at radius 1 is 1.10 bits per heavy atom. The fourth-order valence-electron chi connectivity index (χ4n) is 3.43. The van der Waals surface area contributed by atoms with Crippen LogP contribution in [0.4, 0.5) is 18.0 Å². The van der Waals surface area contributed by atoms with E-state index in [-0.39, 0.29) is 11.6 Å². The number of nitriles is 1. The maximum absolute atomic E-state index is 13.5. The molecule has 0 radical (unpaired) electrons. The van der Waals surface area contributed by atoms with E-state index in [1.165, 1.54) is 34.2 Å². The van der Waals surface area contributed by atoms with Crippen LogP contribution in [0.3, 0.4) is 0 Å². The third kappa shape index (κ3) is 3.72. The van der Waals surface area contributed by atoms with Gasteiger partial charge in [0.1, 0.15) is 17.5 Å². The quantitative estimate of drug-likeness (QED) is 0.763. The Balaban J connectivity index is 1.46. The maximum atomic E-state index is 13.5. The second-order valence-corrected chi connectivity index (χ2v) is 6.88. The van der Waals surface area contributed by atoms with Crippen LogP contribution in [0.5, 0.6) is 0 Å². The number of amides is 2. The number of benzene rings is 2. The Morgan fingerprint density at radius 2 is 1.83 bits per heavy atom. The van der Waals surface area contributed by atoms with Crippen molar-refractivity contribution in [2.75, 3.05) is 13.1 Å². The number of hydrazone groups is 1. The molecule has 8 heteroatoms. The van der Waals surface area contributed by atoms with Crippen LogP contribution in [0.25, 0.3) is 6.08 Å². The van der Waals surface area contributed by atoms with Crippen molar-refractivity contribution in [3.63, 3.8) is 0 Å². The lowest BCUT2D eigenvalue weighted by Gasteiger charge is -2.37. The SMILES string of the molecule is N#Cc1cc(F)ccc1C=C1CN(C(=O)N2N=CC[C@H]2c2cc(F)cc(F)c2)C1. The van der Waals surface area contributed by atoms with Gasteiger partial charge in [0.2, 0.25) is 0 Å². The molecule has 5 nitrogen and oxygen atoms in total. The van der Waals surface area contributed by atoms with E-state index in [0.717, 1.165) is 17.7 Å². The average Bonchev–Trinajstić information content (AvgIpc) is 3.14. The minimum Gasteiger partial charge on any atom is -0.315 e. The van der Waals surface area contributed by atoms with Crippen molar-refractivity contribution in [2.24, 2.45) is 5.10 Å². The molecule has 1 saturated heterocycles. The Bertz CT molecular complexity index is 1060. The average molecular weight is 396 g/mol. The molecule has 1 atom stereocenters. The van der Waals surface area contributed by atoms with Gasteiger partial charge in [-0.1, -0.05) is 12.1 Å². The lowest BCUT2D eigenvalue weighted by molar-refractivity contribution is 0.136. The first-order chi connectivity index (χ1) is 13.9. The largest absolute Gasteiger partial charge is 0.341 e. The van der Waals surface area contributed by atoms with Crippen LogP contribution in [0, 0.1) is 28.8 Å². The number of hydrogen-bond acceptors (Lipinski definition) is 3. The summed E-state index contributed by atoms with van der Waals surface area (Å²) in [5.74, 6) is -1.90. The normalized spacial score (nSPS) is 17.9. The van der Waals surface area contributed by atoms with E-state index in [1.54, 1.807) is 12.3 Å². The Kier molecular flexibility index (Phi) is 4.80. The molecule has 0 bridgehead atoms. The van der Waals surface area contributed by atoms with Crippen molar-refractivity contribution in [2.45, 2.75) is 12.5 Å². The first-order valence-electron chi connectivity index (χ1n) is 8.90. The number of carbonyl (C=O) groups excluding carboxylic acids is 1.